The second-order valence-corrected chi connectivity index (χ2v) is 6.74. The van der Waals surface area contributed by atoms with Gasteiger partial charge in [0.1, 0.15) is 5.75 Å². The third-order valence-corrected chi connectivity index (χ3v) is 3.61. The smallest absolute Gasteiger partial charge is 0.229 e. The quantitative estimate of drug-likeness (QED) is 0.848. The molecule has 0 radical (unpaired) electrons. The molecule has 0 spiro atoms. The van der Waals surface area contributed by atoms with Crippen molar-refractivity contribution in [3.63, 3.8) is 0 Å². The van der Waals surface area contributed by atoms with Gasteiger partial charge in [0.15, 0.2) is 0 Å². The number of amides is 1. The molecule has 23 heavy (non-hydrogen) atoms. The second-order valence-electron chi connectivity index (χ2n) is 4.99. The molecular weight excluding hydrogens is 316 g/mol. The average molecular weight is 334 g/mol. The zero-order chi connectivity index (χ0) is 16.9. The van der Waals surface area contributed by atoms with Crippen LogP contribution in [0.15, 0.2) is 48.5 Å². The van der Waals surface area contributed by atoms with E-state index in [1.807, 2.05) is 0 Å². The van der Waals surface area contributed by atoms with Gasteiger partial charge < -0.3 is 10.1 Å². The summed E-state index contributed by atoms with van der Waals surface area (Å²) >= 11 is 0. The zero-order valence-electron chi connectivity index (χ0n) is 12.9. The maximum atomic E-state index is 12.1. The Balaban J connectivity index is 2.08. The van der Waals surface area contributed by atoms with Gasteiger partial charge in [0.05, 0.1) is 31.2 Å². The van der Waals surface area contributed by atoms with Crippen molar-refractivity contribution in [1.82, 2.24) is 0 Å². The first-order valence-corrected chi connectivity index (χ1v) is 8.76. The Morgan fingerprint density at radius 2 is 1.65 bits per heavy atom. The number of hydrogen-bond acceptors (Lipinski definition) is 4. The maximum absolute atomic E-state index is 12.1. The van der Waals surface area contributed by atoms with E-state index in [0.29, 0.717) is 11.4 Å². The summed E-state index contributed by atoms with van der Waals surface area (Å²) < 4.78 is 30.2. The highest BCUT2D eigenvalue weighted by Gasteiger charge is 2.10. The van der Waals surface area contributed by atoms with Crippen LogP contribution in [-0.2, 0) is 21.2 Å². The largest absolute Gasteiger partial charge is 0.497 e. The fourth-order valence-corrected chi connectivity index (χ4v) is 2.58. The molecule has 122 valence electrons. The number of carbonyl (C=O) groups is 1. The molecule has 6 nitrogen and oxygen atoms in total. The third-order valence-electron chi connectivity index (χ3n) is 3.02. The molecule has 0 atom stereocenters. The molecule has 2 aromatic carbocycles. The van der Waals surface area contributed by atoms with Crippen LogP contribution in [0.4, 0.5) is 11.4 Å². The van der Waals surface area contributed by atoms with Crippen LogP contribution in [0.1, 0.15) is 5.56 Å². The fourth-order valence-electron chi connectivity index (χ4n) is 2.00. The van der Waals surface area contributed by atoms with Crippen molar-refractivity contribution in [2.75, 3.05) is 23.4 Å². The van der Waals surface area contributed by atoms with Crippen LogP contribution in [-0.4, -0.2) is 27.7 Å². The van der Waals surface area contributed by atoms with Crippen LogP contribution in [0.5, 0.6) is 5.75 Å². The molecule has 0 fully saturated rings. The lowest BCUT2D eigenvalue weighted by Crippen LogP contribution is -2.17. The molecule has 0 aliphatic heterocycles. The van der Waals surface area contributed by atoms with Gasteiger partial charge in [0.25, 0.3) is 0 Å². The number of methoxy groups -OCH3 is 1. The molecular formula is C16H18N2O4S. The second kappa shape index (κ2) is 7.15. The maximum Gasteiger partial charge on any atom is 0.229 e. The van der Waals surface area contributed by atoms with Crippen LogP contribution < -0.4 is 14.8 Å². The SMILES string of the molecule is COc1ccc(CC(=O)Nc2ccccc2NS(C)(=O)=O)cc1. The predicted octanol–water partition coefficient (Wildman–Crippen LogP) is 2.25. The molecule has 1 amide bonds. The van der Waals surface area contributed by atoms with Gasteiger partial charge in [0.2, 0.25) is 15.9 Å². The van der Waals surface area contributed by atoms with E-state index in [0.717, 1.165) is 17.6 Å². The Bertz CT molecular complexity index is 786. The van der Waals surface area contributed by atoms with Crippen LogP contribution in [0.3, 0.4) is 0 Å². The fraction of sp³-hybridized carbons (Fsp3) is 0.188. The van der Waals surface area contributed by atoms with Gasteiger partial charge in [0, 0.05) is 0 Å². The molecule has 2 aromatic rings. The number of para-hydroxylation sites is 2. The lowest BCUT2D eigenvalue weighted by atomic mass is 10.1. The molecule has 2 rings (SSSR count). The summed E-state index contributed by atoms with van der Waals surface area (Å²) in [6.07, 6.45) is 1.24. The van der Waals surface area contributed by atoms with Gasteiger partial charge in [-0.05, 0) is 29.8 Å². The summed E-state index contributed by atoms with van der Waals surface area (Å²) in [5, 5.41) is 2.71. The number of anilines is 2. The van der Waals surface area contributed by atoms with E-state index in [1.165, 1.54) is 0 Å². The minimum Gasteiger partial charge on any atom is -0.497 e. The normalized spacial score (nSPS) is 10.9. The topological polar surface area (TPSA) is 84.5 Å². The number of sulfonamides is 1. The molecule has 0 aliphatic carbocycles. The number of ether oxygens (including phenoxy) is 1. The van der Waals surface area contributed by atoms with Crippen molar-refractivity contribution >= 4 is 27.3 Å². The van der Waals surface area contributed by atoms with Crippen LogP contribution in [0.25, 0.3) is 0 Å². The summed E-state index contributed by atoms with van der Waals surface area (Å²) in [4.78, 5) is 12.1. The predicted molar refractivity (Wildman–Crippen MR) is 90.2 cm³/mol. The molecule has 0 saturated carbocycles. The standard InChI is InChI=1S/C16H18N2O4S/c1-22-13-9-7-12(8-10-13)11-16(19)17-14-5-3-4-6-15(14)18-23(2,20)21/h3-10,18H,11H2,1-2H3,(H,17,19). The van der Waals surface area contributed by atoms with Gasteiger partial charge in [-0.3, -0.25) is 9.52 Å². The van der Waals surface area contributed by atoms with E-state index >= 15 is 0 Å². The molecule has 0 aliphatic rings. The highest BCUT2D eigenvalue weighted by atomic mass is 32.2. The summed E-state index contributed by atoms with van der Waals surface area (Å²) in [5.41, 5.74) is 1.58. The molecule has 0 saturated heterocycles. The highest BCUT2D eigenvalue weighted by Crippen LogP contribution is 2.22. The summed E-state index contributed by atoms with van der Waals surface area (Å²) in [5.74, 6) is 0.481. The van der Waals surface area contributed by atoms with Gasteiger partial charge in [-0.15, -0.1) is 0 Å². The van der Waals surface area contributed by atoms with Crippen molar-refractivity contribution in [2.24, 2.45) is 0 Å². The first-order chi connectivity index (χ1) is 10.9. The van der Waals surface area contributed by atoms with Crippen LogP contribution in [0, 0.1) is 0 Å². The number of rotatable bonds is 6. The van der Waals surface area contributed by atoms with E-state index in [2.05, 4.69) is 10.0 Å². The molecule has 0 bridgehead atoms. The Morgan fingerprint density at radius 3 is 2.22 bits per heavy atom. The number of carbonyl (C=O) groups excluding carboxylic acids is 1. The summed E-state index contributed by atoms with van der Waals surface area (Å²) in [6, 6.07) is 13.8. The minimum absolute atomic E-state index is 0.178. The van der Waals surface area contributed by atoms with Gasteiger partial charge in [-0.2, -0.15) is 0 Å². The first kappa shape index (κ1) is 16.8. The number of nitrogens with one attached hydrogen (secondary N) is 2. The lowest BCUT2D eigenvalue weighted by molar-refractivity contribution is -0.115. The summed E-state index contributed by atoms with van der Waals surface area (Å²) in [6.45, 7) is 0. The van der Waals surface area contributed by atoms with Crippen LogP contribution in [0.2, 0.25) is 0 Å². The van der Waals surface area contributed by atoms with Gasteiger partial charge >= 0.3 is 0 Å². The van der Waals surface area contributed by atoms with E-state index in [9.17, 15) is 13.2 Å². The molecule has 0 heterocycles. The van der Waals surface area contributed by atoms with Crippen LogP contribution >= 0.6 is 0 Å². The Labute approximate surface area is 135 Å². The monoisotopic (exact) mass is 334 g/mol. The molecule has 7 heteroatoms. The van der Waals surface area contributed by atoms with E-state index in [1.54, 1.807) is 55.6 Å². The third kappa shape index (κ3) is 5.30. The van der Waals surface area contributed by atoms with E-state index < -0.39 is 10.0 Å². The highest BCUT2D eigenvalue weighted by molar-refractivity contribution is 7.92. The van der Waals surface area contributed by atoms with Crippen molar-refractivity contribution in [1.29, 1.82) is 0 Å². The lowest BCUT2D eigenvalue weighted by Gasteiger charge is -2.12. The van der Waals surface area contributed by atoms with Crippen molar-refractivity contribution in [2.45, 2.75) is 6.42 Å². The van der Waals surface area contributed by atoms with Crippen molar-refractivity contribution < 1.29 is 17.9 Å². The van der Waals surface area contributed by atoms with E-state index in [4.69, 9.17) is 4.74 Å². The van der Waals surface area contributed by atoms with E-state index in [-0.39, 0.29) is 12.3 Å². The van der Waals surface area contributed by atoms with Crippen molar-refractivity contribution in [3.05, 3.63) is 54.1 Å². The Kier molecular flexibility index (Phi) is 5.23. The first-order valence-electron chi connectivity index (χ1n) is 6.87. The van der Waals surface area contributed by atoms with Gasteiger partial charge in [-0.25, -0.2) is 8.42 Å². The zero-order valence-corrected chi connectivity index (χ0v) is 13.7. The average Bonchev–Trinajstić information content (AvgIpc) is 2.48. The number of benzene rings is 2. The van der Waals surface area contributed by atoms with Gasteiger partial charge in [-0.1, -0.05) is 24.3 Å². The number of hydrogen-bond donors (Lipinski definition) is 2. The summed E-state index contributed by atoms with van der Waals surface area (Å²) in [7, 11) is -1.84. The Hall–Kier alpha value is -2.54. The van der Waals surface area contributed by atoms with Crippen molar-refractivity contribution in [3.8, 4) is 5.75 Å². The molecule has 2 N–H and O–H groups in total. The molecule has 0 aromatic heterocycles. The molecule has 0 unspecified atom stereocenters. The Morgan fingerprint density at radius 1 is 1.04 bits per heavy atom. The minimum atomic E-state index is -3.42.